The van der Waals surface area contributed by atoms with Crippen molar-refractivity contribution < 1.29 is 29.6 Å². The zero-order valence-electron chi connectivity index (χ0n) is 19.9. The maximum atomic E-state index is 14.3. The number of hydrogen-bond donors (Lipinski definition) is 3. The number of carbonyl (C=O) groups is 2. The third-order valence-electron chi connectivity index (χ3n) is 9.21. The van der Waals surface area contributed by atoms with Crippen molar-refractivity contribution in [2.45, 2.75) is 51.9 Å². The molecule has 0 amide bonds. The SMILES string of the molecule is CC1=CC23C(=O)[C@@H](C=C(CO)[C@@H](O)[C@]2(O)[C@H]1OC(=O)c1c(Cl)cnn1C)[C@H]1[C@@H](CC3C)C1(C)C. The molecule has 9 heteroatoms. The molecule has 4 aliphatic rings. The van der Waals surface area contributed by atoms with Gasteiger partial charge in [0.25, 0.3) is 0 Å². The average molecular weight is 491 g/mol. The number of aliphatic hydroxyl groups is 3. The van der Waals surface area contributed by atoms with E-state index in [4.69, 9.17) is 16.3 Å². The fourth-order valence-electron chi connectivity index (χ4n) is 7.40. The molecule has 8 atom stereocenters. The van der Waals surface area contributed by atoms with E-state index in [9.17, 15) is 24.9 Å². The van der Waals surface area contributed by atoms with Gasteiger partial charge in [-0.15, -0.1) is 0 Å². The first-order valence-electron chi connectivity index (χ1n) is 11.7. The van der Waals surface area contributed by atoms with Crippen molar-refractivity contribution in [1.82, 2.24) is 9.78 Å². The van der Waals surface area contributed by atoms with Gasteiger partial charge in [-0.3, -0.25) is 9.48 Å². The summed E-state index contributed by atoms with van der Waals surface area (Å²) in [6.45, 7) is 7.35. The molecule has 2 saturated carbocycles. The van der Waals surface area contributed by atoms with Crippen LogP contribution >= 0.6 is 11.6 Å². The second kappa shape index (κ2) is 7.26. The molecule has 3 N–H and O–H groups in total. The van der Waals surface area contributed by atoms with Crippen molar-refractivity contribution >= 4 is 23.4 Å². The number of nitrogens with zero attached hydrogens (tertiary/aromatic N) is 2. The summed E-state index contributed by atoms with van der Waals surface area (Å²) in [5, 5.41) is 38.1. The predicted octanol–water partition coefficient (Wildman–Crippen LogP) is 2.07. The van der Waals surface area contributed by atoms with E-state index in [1.807, 2.05) is 6.92 Å². The molecule has 1 aromatic rings. The highest BCUT2D eigenvalue weighted by Gasteiger charge is 2.76. The van der Waals surface area contributed by atoms with Crippen LogP contribution in [-0.2, 0) is 16.6 Å². The Kier molecular flexibility index (Phi) is 5.07. The summed E-state index contributed by atoms with van der Waals surface area (Å²) in [5.74, 6) is -1.57. The van der Waals surface area contributed by atoms with Gasteiger partial charge in [0.15, 0.2) is 23.2 Å². The van der Waals surface area contributed by atoms with Gasteiger partial charge in [0.05, 0.1) is 23.2 Å². The molecular weight excluding hydrogens is 460 g/mol. The minimum atomic E-state index is -2.18. The number of ether oxygens (including phenoxy) is 1. The molecule has 2 fully saturated rings. The summed E-state index contributed by atoms with van der Waals surface area (Å²) in [7, 11) is 1.54. The summed E-state index contributed by atoms with van der Waals surface area (Å²) in [6.07, 6.45) is 2.42. The second-order valence-electron chi connectivity index (χ2n) is 11.1. The maximum absolute atomic E-state index is 14.3. The quantitative estimate of drug-likeness (QED) is 0.438. The van der Waals surface area contributed by atoms with E-state index in [1.54, 1.807) is 26.1 Å². The number of rotatable bonds is 3. The van der Waals surface area contributed by atoms with E-state index in [0.717, 1.165) is 0 Å². The lowest BCUT2D eigenvalue weighted by Gasteiger charge is -2.48. The third-order valence-corrected chi connectivity index (χ3v) is 9.49. The number of fused-ring (bicyclic) bond motifs is 3. The molecule has 34 heavy (non-hydrogen) atoms. The number of carbonyl (C=O) groups excluding carboxylic acids is 2. The van der Waals surface area contributed by atoms with E-state index in [2.05, 4.69) is 18.9 Å². The number of allylic oxidation sites excluding steroid dienone is 1. The lowest BCUT2D eigenvalue weighted by molar-refractivity contribution is -0.190. The van der Waals surface area contributed by atoms with Crippen LogP contribution in [0, 0.1) is 34.5 Å². The predicted molar refractivity (Wildman–Crippen MR) is 123 cm³/mol. The van der Waals surface area contributed by atoms with Crippen LogP contribution in [0.1, 0.15) is 44.6 Å². The average Bonchev–Trinajstić information content (AvgIpc) is 3.05. The molecule has 184 valence electrons. The molecule has 0 saturated heterocycles. The summed E-state index contributed by atoms with van der Waals surface area (Å²) < 4.78 is 7.07. The number of hydrogen-bond acceptors (Lipinski definition) is 7. The minimum Gasteiger partial charge on any atom is -0.450 e. The fourth-order valence-corrected chi connectivity index (χ4v) is 7.64. The van der Waals surface area contributed by atoms with Crippen molar-refractivity contribution in [1.29, 1.82) is 0 Å². The highest BCUT2D eigenvalue weighted by atomic mass is 35.5. The number of aryl methyl sites for hydroxylation is 1. The third kappa shape index (κ3) is 2.68. The van der Waals surface area contributed by atoms with E-state index >= 15 is 0 Å². The Morgan fingerprint density at radius 3 is 2.65 bits per heavy atom. The fraction of sp³-hybridized carbons (Fsp3) is 0.640. The Morgan fingerprint density at radius 1 is 1.38 bits per heavy atom. The second-order valence-corrected chi connectivity index (χ2v) is 11.5. The smallest absolute Gasteiger partial charge is 0.358 e. The van der Waals surface area contributed by atoms with Gasteiger partial charge < -0.3 is 20.1 Å². The van der Waals surface area contributed by atoms with Crippen molar-refractivity contribution in [2.24, 2.45) is 41.5 Å². The normalized spacial score (nSPS) is 42.1. The molecule has 1 heterocycles. The molecule has 5 rings (SSSR count). The lowest BCUT2D eigenvalue weighted by atomic mass is 9.59. The topological polar surface area (TPSA) is 122 Å². The molecular formula is C25H31ClN2O6. The Bertz CT molecular complexity index is 1130. The first kappa shape index (κ1) is 23.7. The number of Topliss-reactive ketones (excluding diaryl/α,β-unsaturated/α-hetero) is 1. The van der Waals surface area contributed by atoms with Crippen LogP contribution in [-0.4, -0.2) is 61.3 Å². The minimum absolute atomic E-state index is 0.00108. The summed E-state index contributed by atoms with van der Waals surface area (Å²) >= 11 is 6.13. The van der Waals surface area contributed by atoms with Crippen LogP contribution < -0.4 is 0 Å². The number of halogens is 1. The van der Waals surface area contributed by atoms with Crippen LogP contribution in [0.25, 0.3) is 0 Å². The monoisotopic (exact) mass is 490 g/mol. The summed E-state index contributed by atoms with van der Waals surface area (Å²) in [6, 6.07) is 0. The van der Waals surface area contributed by atoms with Crippen molar-refractivity contribution in [3.8, 4) is 0 Å². The molecule has 1 aromatic heterocycles. The largest absolute Gasteiger partial charge is 0.450 e. The van der Waals surface area contributed by atoms with Gasteiger partial charge in [0.1, 0.15) is 6.10 Å². The molecule has 1 spiro atoms. The van der Waals surface area contributed by atoms with Crippen LogP contribution in [0.4, 0.5) is 0 Å². The van der Waals surface area contributed by atoms with Gasteiger partial charge in [0.2, 0.25) is 0 Å². The maximum Gasteiger partial charge on any atom is 0.358 e. The van der Waals surface area contributed by atoms with E-state index in [-0.39, 0.29) is 45.2 Å². The highest BCUT2D eigenvalue weighted by Crippen LogP contribution is 2.71. The highest BCUT2D eigenvalue weighted by molar-refractivity contribution is 6.33. The van der Waals surface area contributed by atoms with Gasteiger partial charge in [-0.25, -0.2) is 4.79 Å². The van der Waals surface area contributed by atoms with Gasteiger partial charge >= 0.3 is 5.97 Å². The van der Waals surface area contributed by atoms with Crippen molar-refractivity contribution in [3.05, 3.63) is 40.2 Å². The van der Waals surface area contributed by atoms with Crippen LogP contribution in [0.15, 0.2) is 29.5 Å². The van der Waals surface area contributed by atoms with Crippen LogP contribution in [0.3, 0.4) is 0 Å². The van der Waals surface area contributed by atoms with Crippen LogP contribution in [0.2, 0.25) is 5.02 Å². The van der Waals surface area contributed by atoms with Gasteiger partial charge in [-0.1, -0.05) is 44.5 Å². The molecule has 0 radical (unpaired) electrons. The number of esters is 1. The molecule has 2 unspecified atom stereocenters. The molecule has 0 aliphatic heterocycles. The number of aromatic nitrogens is 2. The van der Waals surface area contributed by atoms with Gasteiger partial charge in [-0.2, -0.15) is 5.10 Å². The lowest BCUT2D eigenvalue weighted by Crippen LogP contribution is -2.65. The Balaban J connectivity index is 1.65. The molecule has 4 aliphatic carbocycles. The first-order valence-corrected chi connectivity index (χ1v) is 12.1. The first-order chi connectivity index (χ1) is 15.8. The van der Waals surface area contributed by atoms with Crippen molar-refractivity contribution in [3.63, 3.8) is 0 Å². The Morgan fingerprint density at radius 2 is 2.06 bits per heavy atom. The molecule has 2 bridgehead atoms. The van der Waals surface area contributed by atoms with E-state index < -0.39 is 41.7 Å². The molecule has 0 aromatic carbocycles. The van der Waals surface area contributed by atoms with Crippen LogP contribution in [0.5, 0.6) is 0 Å². The van der Waals surface area contributed by atoms with Crippen molar-refractivity contribution in [2.75, 3.05) is 6.61 Å². The Labute approximate surface area is 203 Å². The number of aliphatic hydroxyl groups excluding tert-OH is 2. The molecule has 8 nitrogen and oxygen atoms in total. The number of ketones is 1. The zero-order chi connectivity index (χ0) is 25.0. The summed E-state index contributed by atoms with van der Waals surface area (Å²) in [5.41, 5.74) is -3.07. The standard InChI is InChI=1S/C25H31ClN2O6/c1-11-8-24-12(2)6-15-17(23(15,3)4)14(20(24)31)7-13(10-29)19(30)25(24,33)21(11)34-22(32)18-16(26)9-27-28(18)5/h7-9,12,14-15,17,19,21,29-30,33H,6,10H2,1-5H3/t12?,14-,15+,17-,19+,21-,24?,25-/m0/s1. The van der Waals surface area contributed by atoms with Gasteiger partial charge in [0, 0.05) is 13.0 Å². The van der Waals surface area contributed by atoms with E-state index in [0.29, 0.717) is 12.0 Å². The van der Waals surface area contributed by atoms with Gasteiger partial charge in [-0.05, 0) is 47.7 Å². The Hall–Kier alpha value is -2.00. The summed E-state index contributed by atoms with van der Waals surface area (Å²) in [4.78, 5) is 27.4. The zero-order valence-corrected chi connectivity index (χ0v) is 20.7. The van der Waals surface area contributed by atoms with E-state index in [1.165, 1.54) is 10.9 Å².